The van der Waals surface area contributed by atoms with Gasteiger partial charge in [-0.25, -0.2) is 9.78 Å². The maximum Gasteiger partial charge on any atom is 0.357 e. The van der Waals surface area contributed by atoms with E-state index in [0.29, 0.717) is 18.2 Å². The third kappa shape index (κ3) is 3.76. The minimum absolute atomic E-state index is 0. The first-order chi connectivity index (χ1) is 7.81. The first-order valence-corrected chi connectivity index (χ1v) is 6.52. The van der Waals surface area contributed by atoms with Crippen LogP contribution in [0.25, 0.3) is 0 Å². The second-order valence-corrected chi connectivity index (χ2v) is 4.71. The van der Waals surface area contributed by atoms with Crippen molar-refractivity contribution >= 4 is 34.3 Å². The van der Waals surface area contributed by atoms with E-state index in [2.05, 4.69) is 10.3 Å². The number of hydrogen-bond donors (Lipinski definition) is 1. The molecule has 0 aliphatic carbocycles. The second kappa shape index (κ2) is 7.08. The van der Waals surface area contributed by atoms with Gasteiger partial charge in [-0.05, 0) is 32.9 Å². The predicted molar refractivity (Wildman–Crippen MR) is 73.2 cm³/mol. The second-order valence-electron chi connectivity index (χ2n) is 3.82. The molecule has 6 heteroatoms. The monoisotopic (exact) mass is 320 g/mol. The largest absolute Gasteiger partial charge is 0.461 e. The van der Waals surface area contributed by atoms with Gasteiger partial charge in [-0.2, -0.15) is 0 Å². The smallest absolute Gasteiger partial charge is 0.357 e. The summed E-state index contributed by atoms with van der Waals surface area (Å²) in [5.41, 5.74) is 0.459. The lowest BCUT2D eigenvalue weighted by molar-refractivity contribution is 0.0520. The number of ether oxygens (including phenoxy) is 1. The summed E-state index contributed by atoms with van der Waals surface area (Å²) in [5.74, 6) is 0.202. The first kappa shape index (κ1) is 14.6. The summed E-state index contributed by atoms with van der Waals surface area (Å²) >= 11 is 1.57. The highest BCUT2D eigenvalue weighted by molar-refractivity contribution is 8.93. The van der Waals surface area contributed by atoms with Crippen molar-refractivity contribution in [3.05, 3.63) is 16.1 Å². The number of piperidine rings is 1. The molecule has 0 unspecified atom stereocenters. The molecule has 2 heterocycles. The first-order valence-electron chi connectivity index (χ1n) is 5.64. The minimum atomic E-state index is -0.307. The number of esters is 1. The molecule has 1 aromatic rings. The molecule has 0 aromatic carbocycles. The van der Waals surface area contributed by atoms with Crippen molar-refractivity contribution in [1.82, 2.24) is 10.3 Å². The Balaban J connectivity index is 0.00000144. The van der Waals surface area contributed by atoms with Crippen molar-refractivity contribution in [2.45, 2.75) is 25.7 Å². The van der Waals surface area contributed by atoms with E-state index in [4.69, 9.17) is 4.74 Å². The fraction of sp³-hybridized carbons (Fsp3) is 0.636. The van der Waals surface area contributed by atoms with E-state index in [1.807, 2.05) is 0 Å². The Bertz CT molecular complexity index is 364. The standard InChI is InChI=1S/C11H16N2O2S.BrH/c1-2-15-11(14)9-7-16-10(13-9)8-3-5-12-6-4-8;/h7-8,12H,2-6H2,1H3;1H. The number of carbonyl (C=O) groups is 1. The van der Waals surface area contributed by atoms with Gasteiger partial charge in [-0.1, -0.05) is 0 Å². The number of halogens is 1. The molecule has 2 rings (SSSR count). The topological polar surface area (TPSA) is 51.2 Å². The van der Waals surface area contributed by atoms with Gasteiger partial charge in [0.25, 0.3) is 0 Å². The molecule has 0 atom stereocenters. The lowest BCUT2D eigenvalue weighted by Gasteiger charge is -2.20. The summed E-state index contributed by atoms with van der Waals surface area (Å²) in [6.07, 6.45) is 2.21. The van der Waals surface area contributed by atoms with E-state index in [9.17, 15) is 4.79 Å². The number of thiazole rings is 1. The van der Waals surface area contributed by atoms with Gasteiger partial charge < -0.3 is 10.1 Å². The van der Waals surface area contributed by atoms with E-state index >= 15 is 0 Å². The van der Waals surface area contributed by atoms with Crippen molar-refractivity contribution in [3.63, 3.8) is 0 Å². The van der Waals surface area contributed by atoms with Crippen LogP contribution < -0.4 is 5.32 Å². The van der Waals surface area contributed by atoms with Gasteiger partial charge in [-0.3, -0.25) is 0 Å². The number of nitrogens with zero attached hydrogens (tertiary/aromatic N) is 1. The Hall–Kier alpha value is -0.460. The number of carbonyl (C=O) groups excluding carboxylic acids is 1. The lowest BCUT2D eigenvalue weighted by Crippen LogP contribution is -2.26. The van der Waals surface area contributed by atoms with Gasteiger partial charge in [0.05, 0.1) is 11.6 Å². The lowest BCUT2D eigenvalue weighted by atomic mass is 9.99. The van der Waals surface area contributed by atoms with E-state index in [1.54, 1.807) is 23.6 Å². The fourth-order valence-corrected chi connectivity index (χ4v) is 2.80. The van der Waals surface area contributed by atoms with Crippen LogP contribution in [0.1, 0.15) is 41.2 Å². The molecule has 4 nitrogen and oxygen atoms in total. The molecule has 1 N–H and O–H groups in total. The highest BCUT2D eigenvalue weighted by Gasteiger charge is 2.20. The molecule has 0 bridgehead atoms. The van der Waals surface area contributed by atoms with Crippen molar-refractivity contribution in [3.8, 4) is 0 Å². The zero-order chi connectivity index (χ0) is 11.4. The van der Waals surface area contributed by atoms with E-state index in [-0.39, 0.29) is 23.0 Å². The Morgan fingerprint density at radius 2 is 2.29 bits per heavy atom. The van der Waals surface area contributed by atoms with E-state index in [0.717, 1.165) is 30.9 Å². The van der Waals surface area contributed by atoms with Crippen LogP contribution in [0.3, 0.4) is 0 Å². The zero-order valence-corrected chi connectivity index (χ0v) is 12.3. The van der Waals surface area contributed by atoms with Crippen molar-refractivity contribution in [2.24, 2.45) is 0 Å². The number of nitrogens with one attached hydrogen (secondary N) is 1. The normalized spacial score (nSPS) is 16.3. The fourth-order valence-electron chi connectivity index (χ4n) is 1.84. The average Bonchev–Trinajstić information content (AvgIpc) is 2.80. The summed E-state index contributed by atoms with van der Waals surface area (Å²) in [6.45, 7) is 4.29. The van der Waals surface area contributed by atoms with Gasteiger partial charge in [0.1, 0.15) is 0 Å². The highest BCUT2D eigenvalue weighted by Crippen LogP contribution is 2.27. The molecule has 1 aliphatic rings. The number of aromatic nitrogens is 1. The molecule has 0 spiro atoms. The zero-order valence-electron chi connectivity index (χ0n) is 9.77. The van der Waals surface area contributed by atoms with Gasteiger partial charge in [0.15, 0.2) is 5.69 Å². The van der Waals surface area contributed by atoms with E-state index < -0.39 is 0 Å². The summed E-state index contributed by atoms with van der Waals surface area (Å²) in [7, 11) is 0. The Morgan fingerprint density at radius 3 is 2.94 bits per heavy atom. The average molecular weight is 321 g/mol. The van der Waals surface area contributed by atoms with Crippen molar-refractivity contribution in [2.75, 3.05) is 19.7 Å². The van der Waals surface area contributed by atoms with E-state index in [1.165, 1.54) is 0 Å². The highest BCUT2D eigenvalue weighted by atomic mass is 79.9. The Labute approximate surface area is 116 Å². The third-order valence-electron chi connectivity index (χ3n) is 2.69. The van der Waals surface area contributed by atoms with Gasteiger partial charge in [0.2, 0.25) is 0 Å². The van der Waals surface area contributed by atoms with Gasteiger partial charge in [0, 0.05) is 11.3 Å². The summed E-state index contributed by atoms with van der Waals surface area (Å²) in [4.78, 5) is 15.8. The molecule has 1 aromatic heterocycles. The molecular formula is C11H17BrN2O2S. The van der Waals surface area contributed by atoms with Crippen LogP contribution >= 0.6 is 28.3 Å². The van der Waals surface area contributed by atoms with Gasteiger partial charge in [-0.15, -0.1) is 28.3 Å². The van der Waals surface area contributed by atoms with Gasteiger partial charge >= 0.3 is 5.97 Å². The number of hydrogen-bond acceptors (Lipinski definition) is 5. The predicted octanol–water partition coefficient (Wildman–Crippen LogP) is 2.36. The SMILES string of the molecule is Br.CCOC(=O)c1csc(C2CCNCC2)n1. The van der Waals surface area contributed by atoms with Crippen molar-refractivity contribution in [1.29, 1.82) is 0 Å². The third-order valence-corrected chi connectivity index (χ3v) is 3.70. The van der Waals surface area contributed by atoms with Crippen molar-refractivity contribution < 1.29 is 9.53 Å². The number of rotatable bonds is 3. The maximum atomic E-state index is 11.5. The Morgan fingerprint density at radius 1 is 1.59 bits per heavy atom. The molecule has 1 saturated heterocycles. The maximum absolute atomic E-state index is 11.5. The molecule has 0 saturated carbocycles. The minimum Gasteiger partial charge on any atom is -0.461 e. The summed E-state index contributed by atoms with van der Waals surface area (Å²) < 4.78 is 4.92. The quantitative estimate of drug-likeness (QED) is 0.869. The summed E-state index contributed by atoms with van der Waals surface area (Å²) in [6, 6.07) is 0. The van der Waals surface area contributed by atoms with Crippen LogP contribution in [0.2, 0.25) is 0 Å². The molecule has 0 radical (unpaired) electrons. The molecule has 1 aliphatic heterocycles. The molecule has 17 heavy (non-hydrogen) atoms. The molecule has 0 amide bonds. The van der Waals surface area contributed by atoms with Crippen LogP contribution in [0.4, 0.5) is 0 Å². The Kier molecular flexibility index (Phi) is 6.08. The van der Waals surface area contributed by atoms with Crippen LogP contribution in [0, 0.1) is 0 Å². The van der Waals surface area contributed by atoms with Crippen LogP contribution in [-0.2, 0) is 4.74 Å². The molecule has 96 valence electrons. The van der Waals surface area contributed by atoms with Crippen LogP contribution in [0.5, 0.6) is 0 Å². The summed E-state index contributed by atoms with van der Waals surface area (Å²) in [5, 5.41) is 6.19. The molecule has 1 fully saturated rings. The molecular weight excluding hydrogens is 304 g/mol. The van der Waals surface area contributed by atoms with Crippen LogP contribution in [-0.4, -0.2) is 30.6 Å². The van der Waals surface area contributed by atoms with Crippen LogP contribution in [0.15, 0.2) is 5.38 Å².